The molecule has 1 unspecified atom stereocenters. The highest BCUT2D eigenvalue weighted by molar-refractivity contribution is 7.99. The molecule has 0 heterocycles. The molecule has 3 nitrogen and oxygen atoms in total. The van der Waals surface area contributed by atoms with Gasteiger partial charge in [-0.25, -0.2) is 0 Å². The quantitative estimate of drug-likeness (QED) is 0.590. The van der Waals surface area contributed by atoms with Gasteiger partial charge in [-0.1, -0.05) is 24.6 Å². The maximum absolute atomic E-state index is 11.7. The molecule has 5 heteroatoms. The van der Waals surface area contributed by atoms with Crippen LogP contribution in [0.25, 0.3) is 0 Å². The Balaban J connectivity index is 2.41. The van der Waals surface area contributed by atoms with Crippen LogP contribution in [0.1, 0.15) is 20.3 Å². The highest BCUT2D eigenvalue weighted by Gasteiger charge is 2.17. The topological polar surface area (TPSA) is 38.3 Å². The predicted molar refractivity (Wildman–Crippen MR) is 80.9 cm³/mol. The van der Waals surface area contributed by atoms with Crippen LogP contribution in [0.4, 0.5) is 0 Å². The second-order valence-corrected chi connectivity index (χ2v) is 5.56. The fourth-order valence-corrected chi connectivity index (χ4v) is 2.87. The first kappa shape index (κ1) is 16.3. The number of ether oxygens (including phenoxy) is 1. The van der Waals surface area contributed by atoms with Gasteiger partial charge in [-0.15, -0.1) is 11.8 Å². The molecule has 0 amide bonds. The van der Waals surface area contributed by atoms with E-state index in [2.05, 4.69) is 5.32 Å². The van der Waals surface area contributed by atoms with Crippen molar-refractivity contribution in [3.63, 3.8) is 0 Å². The summed E-state index contributed by atoms with van der Waals surface area (Å²) in [6, 6.07) is 7.50. The zero-order valence-corrected chi connectivity index (χ0v) is 12.9. The number of hydrogen-bond donors (Lipinski definition) is 1. The number of likely N-dealkylation sites (N-methyl/N-ethyl adjacent to an activating group) is 1. The van der Waals surface area contributed by atoms with Crippen LogP contribution < -0.4 is 5.32 Å². The average molecular weight is 302 g/mol. The third kappa shape index (κ3) is 6.32. The first-order valence-electron chi connectivity index (χ1n) is 6.45. The van der Waals surface area contributed by atoms with Gasteiger partial charge in [-0.3, -0.25) is 4.79 Å². The number of esters is 1. The number of rotatable bonds is 8. The predicted octanol–water partition coefficient (Wildman–Crippen LogP) is 3.36. The van der Waals surface area contributed by atoms with Gasteiger partial charge in [-0.2, -0.15) is 0 Å². The molecule has 0 spiro atoms. The minimum Gasteiger partial charge on any atom is -0.465 e. The highest BCUT2D eigenvalue weighted by Crippen LogP contribution is 2.22. The molecule has 0 aromatic heterocycles. The Bertz CT molecular complexity index is 401. The van der Waals surface area contributed by atoms with Crippen LogP contribution in [0.5, 0.6) is 0 Å². The molecule has 1 rings (SSSR count). The molecule has 0 radical (unpaired) electrons. The maximum Gasteiger partial charge on any atom is 0.323 e. The summed E-state index contributed by atoms with van der Waals surface area (Å²) in [7, 11) is 0. The Morgan fingerprint density at radius 3 is 2.89 bits per heavy atom. The molecular weight excluding hydrogens is 282 g/mol. The second kappa shape index (κ2) is 9.23. The average Bonchev–Trinajstić information content (AvgIpc) is 2.38. The highest BCUT2D eigenvalue weighted by atomic mass is 35.5. The monoisotopic (exact) mass is 301 g/mol. The molecule has 1 aromatic carbocycles. The van der Waals surface area contributed by atoms with E-state index < -0.39 is 0 Å². The van der Waals surface area contributed by atoms with Crippen LogP contribution in [0.2, 0.25) is 5.02 Å². The smallest absolute Gasteiger partial charge is 0.323 e. The van der Waals surface area contributed by atoms with Gasteiger partial charge >= 0.3 is 5.97 Å². The zero-order chi connectivity index (χ0) is 14.1. The fourth-order valence-electron chi connectivity index (χ4n) is 1.64. The minimum atomic E-state index is -0.225. The summed E-state index contributed by atoms with van der Waals surface area (Å²) < 4.78 is 5.05. The number of hydrogen-bond acceptors (Lipinski definition) is 4. The number of halogens is 1. The number of carbonyl (C=O) groups excluding carboxylic acids is 1. The molecule has 106 valence electrons. The molecule has 0 aliphatic carbocycles. The lowest BCUT2D eigenvalue weighted by Crippen LogP contribution is -2.38. The number of benzene rings is 1. The van der Waals surface area contributed by atoms with Crippen molar-refractivity contribution in [3.8, 4) is 0 Å². The Hall–Kier alpha value is -0.710. The molecule has 0 aliphatic heterocycles. The van der Waals surface area contributed by atoms with Crippen LogP contribution in [0.3, 0.4) is 0 Å². The van der Waals surface area contributed by atoms with Gasteiger partial charge in [0.1, 0.15) is 6.04 Å². The third-order valence-corrected chi connectivity index (χ3v) is 3.76. The van der Waals surface area contributed by atoms with E-state index >= 15 is 0 Å². The van der Waals surface area contributed by atoms with Crippen molar-refractivity contribution in [3.05, 3.63) is 29.3 Å². The number of nitrogens with one attached hydrogen (secondary N) is 1. The second-order valence-electron chi connectivity index (χ2n) is 3.96. The summed E-state index contributed by atoms with van der Waals surface area (Å²) in [6.07, 6.45) is 0.740. The van der Waals surface area contributed by atoms with E-state index in [1.165, 1.54) is 0 Å². The van der Waals surface area contributed by atoms with Gasteiger partial charge in [-0.05, 0) is 38.1 Å². The van der Waals surface area contributed by atoms with E-state index in [9.17, 15) is 4.79 Å². The summed E-state index contributed by atoms with van der Waals surface area (Å²) in [5.41, 5.74) is 0. The fraction of sp³-hybridized carbons (Fsp3) is 0.500. The van der Waals surface area contributed by atoms with E-state index in [0.29, 0.717) is 6.61 Å². The van der Waals surface area contributed by atoms with Crippen molar-refractivity contribution in [2.45, 2.75) is 31.2 Å². The van der Waals surface area contributed by atoms with Crippen molar-refractivity contribution in [1.29, 1.82) is 0 Å². The zero-order valence-electron chi connectivity index (χ0n) is 11.3. The SMILES string of the molecule is CCNC(CCSc1cccc(Cl)c1)C(=O)OCC. The minimum absolute atomic E-state index is 0.170. The van der Waals surface area contributed by atoms with E-state index in [-0.39, 0.29) is 12.0 Å². The van der Waals surface area contributed by atoms with Crippen molar-refractivity contribution in [1.82, 2.24) is 5.32 Å². The first-order chi connectivity index (χ1) is 9.17. The summed E-state index contributed by atoms with van der Waals surface area (Å²) in [5.74, 6) is 0.674. The summed E-state index contributed by atoms with van der Waals surface area (Å²) in [5, 5.41) is 3.89. The Kier molecular flexibility index (Phi) is 7.94. The van der Waals surface area contributed by atoms with Crippen molar-refractivity contribution in [2.75, 3.05) is 18.9 Å². The normalized spacial score (nSPS) is 12.2. The first-order valence-corrected chi connectivity index (χ1v) is 7.82. The van der Waals surface area contributed by atoms with Crippen LogP contribution in [0.15, 0.2) is 29.2 Å². The molecule has 0 saturated heterocycles. The van der Waals surface area contributed by atoms with Gasteiger partial charge in [0.25, 0.3) is 0 Å². The Labute approximate surface area is 124 Å². The molecule has 0 bridgehead atoms. The van der Waals surface area contributed by atoms with Crippen LogP contribution in [-0.4, -0.2) is 30.9 Å². The molecular formula is C14H20ClNO2S. The Morgan fingerprint density at radius 1 is 1.47 bits per heavy atom. The standard InChI is InChI=1S/C14H20ClNO2S/c1-3-16-13(14(17)18-4-2)8-9-19-12-7-5-6-11(15)10-12/h5-7,10,13,16H,3-4,8-9H2,1-2H3. The van der Waals surface area contributed by atoms with Gasteiger partial charge < -0.3 is 10.1 Å². The van der Waals surface area contributed by atoms with Gasteiger partial charge in [0, 0.05) is 15.7 Å². The van der Waals surface area contributed by atoms with E-state index in [4.69, 9.17) is 16.3 Å². The van der Waals surface area contributed by atoms with Gasteiger partial charge in [0.05, 0.1) is 6.61 Å². The largest absolute Gasteiger partial charge is 0.465 e. The molecule has 1 N–H and O–H groups in total. The lowest BCUT2D eigenvalue weighted by molar-refractivity contribution is -0.145. The van der Waals surface area contributed by atoms with E-state index in [1.807, 2.05) is 38.1 Å². The van der Waals surface area contributed by atoms with Crippen LogP contribution >= 0.6 is 23.4 Å². The summed E-state index contributed by atoms with van der Waals surface area (Å²) in [6.45, 7) is 4.98. The molecule has 0 aliphatic rings. The molecule has 0 fully saturated rings. The molecule has 1 aromatic rings. The lowest BCUT2D eigenvalue weighted by Gasteiger charge is -2.15. The van der Waals surface area contributed by atoms with Crippen LogP contribution in [-0.2, 0) is 9.53 Å². The Morgan fingerprint density at radius 2 is 2.26 bits per heavy atom. The molecule has 1 atom stereocenters. The maximum atomic E-state index is 11.7. The van der Waals surface area contributed by atoms with Gasteiger partial charge in [0.15, 0.2) is 0 Å². The van der Waals surface area contributed by atoms with Crippen LogP contribution in [0, 0.1) is 0 Å². The number of thioether (sulfide) groups is 1. The summed E-state index contributed by atoms with van der Waals surface area (Å²) >= 11 is 7.62. The molecule has 19 heavy (non-hydrogen) atoms. The number of carbonyl (C=O) groups is 1. The van der Waals surface area contributed by atoms with E-state index in [0.717, 1.165) is 28.6 Å². The van der Waals surface area contributed by atoms with Crippen molar-refractivity contribution < 1.29 is 9.53 Å². The van der Waals surface area contributed by atoms with E-state index in [1.54, 1.807) is 11.8 Å². The third-order valence-electron chi connectivity index (χ3n) is 2.49. The summed E-state index contributed by atoms with van der Waals surface area (Å²) in [4.78, 5) is 12.8. The van der Waals surface area contributed by atoms with Crippen molar-refractivity contribution in [2.24, 2.45) is 0 Å². The molecule has 0 saturated carbocycles. The lowest BCUT2D eigenvalue weighted by atomic mass is 10.2. The van der Waals surface area contributed by atoms with Gasteiger partial charge in [0.2, 0.25) is 0 Å². The van der Waals surface area contributed by atoms with Crippen molar-refractivity contribution >= 4 is 29.3 Å².